The number of ether oxygens (including phenoxy) is 1. The summed E-state index contributed by atoms with van der Waals surface area (Å²) >= 11 is 0. The van der Waals surface area contributed by atoms with E-state index in [1.54, 1.807) is 47.2 Å². The standard InChI is InChI=1S/C26H23N5O4/c1-2-31-13-12-21(16-25(31)34)35-20-9-6-18(7-10-20)30-26-22-15-19(8-11-23(22)27-17-28-26)29-24(33)5-3-4-14-32/h6-13,15-17,32H,2,4,14H2,1H3,(H,29,33)(H,27,28,30). The molecule has 2 aromatic heterocycles. The molecule has 0 atom stereocenters. The predicted molar refractivity (Wildman–Crippen MR) is 134 cm³/mol. The number of benzene rings is 2. The Kier molecular flexibility index (Phi) is 7.35. The van der Waals surface area contributed by atoms with Gasteiger partial charge in [0, 0.05) is 42.0 Å². The number of hydrogen-bond acceptors (Lipinski definition) is 7. The second-order valence-corrected chi connectivity index (χ2v) is 7.42. The van der Waals surface area contributed by atoms with Gasteiger partial charge in [0.05, 0.1) is 12.1 Å². The number of anilines is 3. The Hall–Kier alpha value is -4.68. The number of fused-ring (bicyclic) bond motifs is 1. The Bertz CT molecular complexity index is 1470. The smallest absolute Gasteiger partial charge is 0.300 e. The summed E-state index contributed by atoms with van der Waals surface area (Å²) in [5, 5.41) is 15.5. The highest BCUT2D eigenvalue weighted by Gasteiger charge is 2.08. The molecule has 9 nitrogen and oxygen atoms in total. The van der Waals surface area contributed by atoms with Crippen LogP contribution in [0.5, 0.6) is 11.5 Å². The van der Waals surface area contributed by atoms with E-state index in [1.165, 1.54) is 12.4 Å². The van der Waals surface area contributed by atoms with Crippen molar-refractivity contribution in [2.24, 2.45) is 0 Å². The maximum atomic E-state index is 12.0. The van der Waals surface area contributed by atoms with Crippen LogP contribution in [0.1, 0.15) is 13.3 Å². The summed E-state index contributed by atoms with van der Waals surface area (Å²) in [4.78, 5) is 32.6. The first-order chi connectivity index (χ1) is 17.1. The lowest BCUT2D eigenvalue weighted by Gasteiger charge is -2.11. The number of aromatic nitrogens is 3. The zero-order valence-corrected chi connectivity index (χ0v) is 19.0. The van der Waals surface area contributed by atoms with Crippen molar-refractivity contribution in [3.63, 3.8) is 0 Å². The monoisotopic (exact) mass is 469 g/mol. The molecule has 3 N–H and O–H groups in total. The lowest BCUT2D eigenvalue weighted by atomic mass is 10.2. The highest BCUT2D eigenvalue weighted by Crippen LogP contribution is 2.27. The molecule has 0 aliphatic carbocycles. The van der Waals surface area contributed by atoms with E-state index in [4.69, 9.17) is 9.84 Å². The third-order valence-corrected chi connectivity index (χ3v) is 4.99. The van der Waals surface area contributed by atoms with Crippen molar-refractivity contribution in [2.75, 3.05) is 17.2 Å². The van der Waals surface area contributed by atoms with E-state index in [-0.39, 0.29) is 18.6 Å². The SMILES string of the molecule is CCn1ccc(Oc2ccc(Nc3ncnc4ccc(NC(=O)C#CCCO)cc34)cc2)cc1=O. The van der Waals surface area contributed by atoms with Crippen molar-refractivity contribution in [2.45, 2.75) is 19.9 Å². The largest absolute Gasteiger partial charge is 0.457 e. The highest BCUT2D eigenvalue weighted by molar-refractivity contribution is 6.05. The summed E-state index contributed by atoms with van der Waals surface area (Å²) in [7, 11) is 0. The van der Waals surface area contributed by atoms with Crippen LogP contribution >= 0.6 is 0 Å². The normalized spacial score (nSPS) is 10.3. The van der Waals surface area contributed by atoms with Gasteiger partial charge in [0.1, 0.15) is 23.6 Å². The van der Waals surface area contributed by atoms with Gasteiger partial charge in [-0.3, -0.25) is 9.59 Å². The summed E-state index contributed by atoms with van der Waals surface area (Å²) < 4.78 is 7.38. The minimum absolute atomic E-state index is 0.0952. The Balaban J connectivity index is 1.49. The number of aryl methyl sites for hydroxylation is 1. The van der Waals surface area contributed by atoms with Crippen molar-refractivity contribution in [3.05, 3.63) is 77.5 Å². The van der Waals surface area contributed by atoms with Crippen LogP contribution in [0, 0.1) is 11.8 Å². The molecule has 0 aliphatic rings. The first kappa shape index (κ1) is 23.5. The number of rotatable bonds is 7. The fourth-order valence-corrected chi connectivity index (χ4v) is 3.29. The van der Waals surface area contributed by atoms with Crippen LogP contribution in [-0.2, 0) is 11.3 Å². The molecule has 0 unspecified atom stereocenters. The lowest BCUT2D eigenvalue weighted by molar-refractivity contribution is -0.111. The van der Waals surface area contributed by atoms with Gasteiger partial charge in [0.25, 0.3) is 11.5 Å². The fourth-order valence-electron chi connectivity index (χ4n) is 3.29. The van der Waals surface area contributed by atoms with Crippen molar-refractivity contribution < 1.29 is 14.6 Å². The second kappa shape index (κ2) is 11.0. The summed E-state index contributed by atoms with van der Waals surface area (Å²) in [6, 6.07) is 15.7. The van der Waals surface area contributed by atoms with Crippen LogP contribution in [0.4, 0.5) is 17.2 Å². The van der Waals surface area contributed by atoms with E-state index < -0.39 is 5.91 Å². The second-order valence-electron chi connectivity index (χ2n) is 7.42. The van der Waals surface area contributed by atoms with Crippen LogP contribution in [0.2, 0.25) is 0 Å². The number of aliphatic hydroxyl groups is 1. The van der Waals surface area contributed by atoms with Gasteiger partial charge in [-0.25, -0.2) is 9.97 Å². The van der Waals surface area contributed by atoms with Gasteiger partial charge in [-0.05, 0) is 61.4 Å². The zero-order valence-electron chi connectivity index (χ0n) is 19.0. The summed E-state index contributed by atoms with van der Waals surface area (Å²) in [5.74, 6) is 6.17. The molecule has 0 bridgehead atoms. The highest BCUT2D eigenvalue weighted by atomic mass is 16.5. The minimum Gasteiger partial charge on any atom is -0.457 e. The molecular formula is C26H23N5O4. The molecule has 176 valence electrons. The fraction of sp³-hybridized carbons (Fsp3) is 0.154. The maximum absolute atomic E-state index is 12.0. The average Bonchev–Trinajstić information content (AvgIpc) is 2.86. The van der Waals surface area contributed by atoms with Crippen LogP contribution in [0.25, 0.3) is 10.9 Å². The van der Waals surface area contributed by atoms with Crippen LogP contribution in [-0.4, -0.2) is 32.2 Å². The lowest BCUT2D eigenvalue weighted by Crippen LogP contribution is -2.16. The number of nitrogens with zero attached hydrogens (tertiary/aromatic N) is 3. The number of aliphatic hydroxyl groups excluding tert-OH is 1. The van der Waals surface area contributed by atoms with Crippen LogP contribution < -0.4 is 20.9 Å². The molecule has 2 aromatic carbocycles. The Labute approximate surface area is 201 Å². The van der Waals surface area contributed by atoms with E-state index in [0.29, 0.717) is 40.5 Å². The number of pyridine rings is 1. The molecule has 9 heteroatoms. The average molecular weight is 470 g/mol. The van der Waals surface area contributed by atoms with E-state index in [0.717, 1.165) is 5.69 Å². The van der Waals surface area contributed by atoms with Gasteiger partial charge >= 0.3 is 0 Å². The summed E-state index contributed by atoms with van der Waals surface area (Å²) in [6.07, 6.45) is 3.40. The Morgan fingerprint density at radius 1 is 1.06 bits per heavy atom. The van der Waals surface area contributed by atoms with Crippen molar-refractivity contribution in [1.82, 2.24) is 14.5 Å². The van der Waals surface area contributed by atoms with E-state index in [1.807, 2.05) is 19.1 Å². The third-order valence-electron chi connectivity index (χ3n) is 4.99. The molecule has 0 fully saturated rings. The number of carbonyl (C=O) groups is 1. The molecule has 1 amide bonds. The van der Waals surface area contributed by atoms with Gasteiger partial charge < -0.3 is 25.0 Å². The first-order valence-corrected chi connectivity index (χ1v) is 11.0. The quantitative estimate of drug-likeness (QED) is 0.354. The topological polar surface area (TPSA) is 118 Å². The number of carbonyl (C=O) groups excluding carboxylic acids is 1. The minimum atomic E-state index is -0.466. The van der Waals surface area contributed by atoms with Gasteiger partial charge in [-0.2, -0.15) is 0 Å². The molecule has 0 radical (unpaired) electrons. The van der Waals surface area contributed by atoms with E-state index in [2.05, 4.69) is 32.4 Å². The third kappa shape index (κ3) is 6.01. The molecule has 0 saturated heterocycles. The summed E-state index contributed by atoms with van der Waals surface area (Å²) in [5.41, 5.74) is 1.90. The number of hydrogen-bond donors (Lipinski definition) is 3. The molecular weight excluding hydrogens is 446 g/mol. The Morgan fingerprint density at radius 3 is 2.60 bits per heavy atom. The van der Waals surface area contributed by atoms with Gasteiger partial charge in [-0.1, -0.05) is 5.92 Å². The molecule has 0 saturated carbocycles. The molecule has 4 aromatic rings. The van der Waals surface area contributed by atoms with Crippen molar-refractivity contribution in [3.8, 4) is 23.3 Å². The molecule has 35 heavy (non-hydrogen) atoms. The maximum Gasteiger partial charge on any atom is 0.300 e. The first-order valence-electron chi connectivity index (χ1n) is 11.0. The predicted octanol–water partition coefficient (Wildman–Crippen LogP) is 3.67. The molecule has 2 heterocycles. The number of nitrogens with one attached hydrogen (secondary N) is 2. The molecule has 0 aliphatic heterocycles. The summed E-state index contributed by atoms with van der Waals surface area (Å²) in [6.45, 7) is 2.41. The van der Waals surface area contributed by atoms with Crippen molar-refractivity contribution >= 4 is 34.0 Å². The van der Waals surface area contributed by atoms with E-state index in [9.17, 15) is 9.59 Å². The van der Waals surface area contributed by atoms with Gasteiger partial charge in [0.15, 0.2) is 0 Å². The Morgan fingerprint density at radius 2 is 1.86 bits per heavy atom. The molecule has 0 spiro atoms. The van der Waals surface area contributed by atoms with Crippen LogP contribution in [0.3, 0.4) is 0 Å². The zero-order chi connectivity index (χ0) is 24.6. The van der Waals surface area contributed by atoms with Gasteiger partial charge in [-0.15, -0.1) is 0 Å². The number of amides is 1. The van der Waals surface area contributed by atoms with Gasteiger partial charge in [0.2, 0.25) is 0 Å². The molecule has 4 rings (SSSR count). The van der Waals surface area contributed by atoms with Crippen molar-refractivity contribution in [1.29, 1.82) is 0 Å². The van der Waals surface area contributed by atoms with E-state index >= 15 is 0 Å². The van der Waals surface area contributed by atoms with Crippen LogP contribution in [0.15, 0.2) is 71.9 Å².